The molecule has 2 aliphatic rings. The summed E-state index contributed by atoms with van der Waals surface area (Å²) < 4.78 is 15.8. The van der Waals surface area contributed by atoms with Crippen LogP contribution in [0.15, 0.2) is 11.1 Å². The molecule has 2 rings (SSSR count). The van der Waals surface area contributed by atoms with Crippen molar-refractivity contribution in [3.8, 4) is 0 Å². The molecule has 0 amide bonds. The number of methoxy groups -OCH3 is 1. The summed E-state index contributed by atoms with van der Waals surface area (Å²) in [6, 6.07) is 0. The minimum atomic E-state index is -0.349. The van der Waals surface area contributed by atoms with Gasteiger partial charge in [-0.2, -0.15) is 0 Å². The molecule has 1 fully saturated rings. The van der Waals surface area contributed by atoms with E-state index in [4.69, 9.17) is 14.2 Å². The second-order valence-electron chi connectivity index (χ2n) is 10.2. The predicted octanol–water partition coefficient (Wildman–Crippen LogP) is 4.99. The van der Waals surface area contributed by atoms with Gasteiger partial charge < -0.3 is 14.2 Å². The minimum absolute atomic E-state index is 0.0268. The Bertz CT molecular complexity index is 722. The molecule has 0 aromatic heterocycles. The fraction of sp³-hybridized carbons (Fsp3) is 0.800. The molecule has 4 atom stereocenters. The van der Waals surface area contributed by atoms with Gasteiger partial charge in [0.15, 0.2) is 0 Å². The lowest BCUT2D eigenvalue weighted by Gasteiger charge is -2.56. The average molecular weight is 437 g/mol. The van der Waals surface area contributed by atoms with E-state index in [1.54, 1.807) is 0 Å². The van der Waals surface area contributed by atoms with E-state index in [1.807, 2.05) is 0 Å². The van der Waals surface area contributed by atoms with Crippen LogP contribution in [0.3, 0.4) is 0 Å². The lowest BCUT2D eigenvalue weighted by atomic mass is 9.49. The van der Waals surface area contributed by atoms with E-state index in [9.17, 15) is 14.4 Å². The van der Waals surface area contributed by atoms with E-state index in [0.29, 0.717) is 18.8 Å². The average Bonchev–Trinajstić information content (AvgIpc) is 2.66. The SMILES string of the molecule is COC(=O)C(CCOC(C)=O)CCC1=C(C)C(OC(C)=O)CC2C(C)(C)CCCC12C. The molecule has 0 aromatic carbocycles. The van der Waals surface area contributed by atoms with Crippen molar-refractivity contribution in [2.24, 2.45) is 22.7 Å². The molecule has 1 saturated carbocycles. The van der Waals surface area contributed by atoms with E-state index >= 15 is 0 Å². The van der Waals surface area contributed by atoms with Crippen LogP contribution in [0.1, 0.15) is 86.5 Å². The highest BCUT2D eigenvalue weighted by molar-refractivity contribution is 5.72. The Hall–Kier alpha value is -1.85. The zero-order chi connectivity index (χ0) is 23.4. The molecule has 0 bridgehead atoms. The fourth-order valence-electron chi connectivity index (χ4n) is 6.13. The zero-order valence-corrected chi connectivity index (χ0v) is 20.3. The zero-order valence-electron chi connectivity index (χ0n) is 20.3. The van der Waals surface area contributed by atoms with Crippen molar-refractivity contribution in [3.63, 3.8) is 0 Å². The molecule has 4 unspecified atom stereocenters. The van der Waals surface area contributed by atoms with Crippen molar-refractivity contribution in [1.82, 2.24) is 0 Å². The highest BCUT2D eigenvalue weighted by Gasteiger charge is 2.52. The summed E-state index contributed by atoms with van der Waals surface area (Å²) in [5.74, 6) is -0.802. The second kappa shape index (κ2) is 10.2. The monoisotopic (exact) mass is 436 g/mol. The third-order valence-electron chi connectivity index (χ3n) is 7.68. The van der Waals surface area contributed by atoms with Gasteiger partial charge in [-0.25, -0.2) is 0 Å². The highest BCUT2D eigenvalue weighted by Crippen LogP contribution is 2.60. The van der Waals surface area contributed by atoms with E-state index in [1.165, 1.54) is 39.4 Å². The fourth-order valence-corrected chi connectivity index (χ4v) is 6.13. The van der Waals surface area contributed by atoms with Crippen molar-refractivity contribution < 1.29 is 28.6 Å². The summed E-state index contributed by atoms with van der Waals surface area (Å²) >= 11 is 0. The number of hydrogen-bond donors (Lipinski definition) is 0. The van der Waals surface area contributed by atoms with Crippen LogP contribution in [0.5, 0.6) is 0 Å². The molecule has 0 saturated heterocycles. The van der Waals surface area contributed by atoms with Gasteiger partial charge in [0.2, 0.25) is 0 Å². The number of carbonyl (C=O) groups excluding carboxylic acids is 3. The Morgan fingerprint density at radius 2 is 1.74 bits per heavy atom. The van der Waals surface area contributed by atoms with Gasteiger partial charge in [-0.1, -0.05) is 32.8 Å². The Morgan fingerprint density at radius 1 is 1.06 bits per heavy atom. The first-order chi connectivity index (χ1) is 14.4. The number of rotatable bonds is 8. The van der Waals surface area contributed by atoms with Crippen LogP contribution in [-0.2, 0) is 28.6 Å². The van der Waals surface area contributed by atoms with Gasteiger partial charge in [-0.05, 0) is 67.8 Å². The van der Waals surface area contributed by atoms with Gasteiger partial charge in [0, 0.05) is 13.8 Å². The number of fused-ring (bicyclic) bond motifs is 1. The van der Waals surface area contributed by atoms with Crippen LogP contribution in [0, 0.1) is 22.7 Å². The van der Waals surface area contributed by atoms with Crippen LogP contribution < -0.4 is 0 Å². The Morgan fingerprint density at radius 3 is 2.32 bits per heavy atom. The maximum absolute atomic E-state index is 12.4. The van der Waals surface area contributed by atoms with Crippen molar-refractivity contribution in [3.05, 3.63) is 11.1 Å². The molecule has 31 heavy (non-hydrogen) atoms. The van der Waals surface area contributed by atoms with Crippen molar-refractivity contribution in [1.29, 1.82) is 0 Å². The first-order valence-corrected chi connectivity index (χ1v) is 11.5. The topological polar surface area (TPSA) is 78.9 Å². The van der Waals surface area contributed by atoms with E-state index < -0.39 is 0 Å². The Labute approximate surface area is 187 Å². The van der Waals surface area contributed by atoms with Crippen LogP contribution in [0.2, 0.25) is 0 Å². The van der Waals surface area contributed by atoms with Crippen molar-refractivity contribution >= 4 is 17.9 Å². The molecule has 2 aliphatic carbocycles. The maximum Gasteiger partial charge on any atom is 0.308 e. The first kappa shape index (κ1) is 25.4. The molecule has 0 radical (unpaired) electrons. The first-order valence-electron chi connectivity index (χ1n) is 11.5. The normalized spacial score (nSPS) is 28.4. The maximum atomic E-state index is 12.4. The summed E-state index contributed by atoms with van der Waals surface area (Å²) in [6.07, 6.45) is 5.89. The molecule has 0 aromatic rings. The van der Waals surface area contributed by atoms with Gasteiger partial charge >= 0.3 is 17.9 Å². The second-order valence-corrected chi connectivity index (χ2v) is 10.2. The molecular weight excluding hydrogens is 396 g/mol. The number of allylic oxidation sites excluding steroid dienone is 1. The minimum Gasteiger partial charge on any atom is -0.469 e. The molecule has 176 valence electrons. The van der Waals surface area contributed by atoms with Crippen LogP contribution in [0.4, 0.5) is 0 Å². The number of carbonyl (C=O) groups is 3. The van der Waals surface area contributed by atoms with Crippen LogP contribution in [0.25, 0.3) is 0 Å². The van der Waals surface area contributed by atoms with Crippen LogP contribution in [-0.4, -0.2) is 37.7 Å². The van der Waals surface area contributed by atoms with E-state index in [0.717, 1.165) is 24.8 Å². The molecule has 0 spiro atoms. The summed E-state index contributed by atoms with van der Waals surface area (Å²) in [6.45, 7) is 12.1. The molecule has 6 nitrogen and oxygen atoms in total. The summed E-state index contributed by atoms with van der Waals surface area (Å²) in [5, 5.41) is 0. The standard InChI is InChI=1S/C25H40O6/c1-16-20(10-9-19(23(28)29-7)11-14-30-17(2)26)25(6)13-8-12-24(4,5)22(25)15-21(16)31-18(3)27/h19,21-22H,8-15H2,1-7H3. The lowest BCUT2D eigenvalue weighted by Crippen LogP contribution is -2.49. The number of esters is 3. The van der Waals surface area contributed by atoms with Gasteiger partial charge in [-0.3, -0.25) is 14.4 Å². The van der Waals surface area contributed by atoms with E-state index in [2.05, 4.69) is 27.7 Å². The molecule has 6 heteroatoms. The van der Waals surface area contributed by atoms with Gasteiger partial charge in [0.25, 0.3) is 0 Å². The summed E-state index contributed by atoms with van der Waals surface area (Å²) in [5.41, 5.74) is 2.65. The van der Waals surface area contributed by atoms with Gasteiger partial charge in [0.05, 0.1) is 19.6 Å². The quantitative estimate of drug-likeness (QED) is 0.303. The molecule has 0 aliphatic heterocycles. The largest absolute Gasteiger partial charge is 0.469 e. The van der Waals surface area contributed by atoms with Crippen molar-refractivity contribution in [2.75, 3.05) is 13.7 Å². The number of hydrogen-bond acceptors (Lipinski definition) is 6. The molecular formula is C25H40O6. The highest BCUT2D eigenvalue weighted by atomic mass is 16.5. The predicted molar refractivity (Wildman–Crippen MR) is 118 cm³/mol. The Kier molecular flexibility index (Phi) is 8.34. The molecule has 0 N–H and O–H groups in total. The van der Waals surface area contributed by atoms with Crippen LogP contribution >= 0.6 is 0 Å². The lowest BCUT2D eigenvalue weighted by molar-refractivity contribution is -0.149. The van der Waals surface area contributed by atoms with Gasteiger partial charge in [-0.15, -0.1) is 0 Å². The third kappa shape index (κ3) is 5.89. The Balaban J connectivity index is 2.30. The smallest absolute Gasteiger partial charge is 0.308 e. The molecule has 0 heterocycles. The third-order valence-corrected chi connectivity index (χ3v) is 7.68. The summed E-state index contributed by atoms with van der Waals surface area (Å²) in [4.78, 5) is 35.3. The van der Waals surface area contributed by atoms with Crippen molar-refractivity contribution in [2.45, 2.75) is 92.6 Å². The van der Waals surface area contributed by atoms with Gasteiger partial charge in [0.1, 0.15) is 6.10 Å². The van der Waals surface area contributed by atoms with E-state index in [-0.39, 0.29) is 47.4 Å². The summed E-state index contributed by atoms with van der Waals surface area (Å²) in [7, 11) is 1.39. The number of ether oxygens (including phenoxy) is 3.